The van der Waals surface area contributed by atoms with Gasteiger partial charge in [-0.05, 0) is 6.07 Å². The van der Waals surface area contributed by atoms with E-state index >= 15 is 0 Å². The monoisotopic (exact) mass is 245 g/mol. The smallest absolute Gasteiger partial charge is 0.256 e. The molecule has 0 bridgehead atoms. The standard InChI is InChI=1S/C9H9ClFN3O2/c1-12-7(5-14(15)16)9(11)6-2-3-8(10)13-4-6/h2-5,9,12H,1H3. The Morgan fingerprint density at radius 3 is 2.88 bits per heavy atom. The van der Waals surface area contributed by atoms with Crippen molar-refractivity contribution >= 4 is 11.6 Å². The Labute approximate surface area is 96.1 Å². The van der Waals surface area contributed by atoms with Gasteiger partial charge in [0.25, 0.3) is 6.20 Å². The molecule has 1 atom stereocenters. The quantitative estimate of drug-likeness (QED) is 0.501. The second-order valence-electron chi connectivity index (χ2n) is 2.90. The number of rotatable bonds is 4. The summed E-state index contributed by atoms with van der Waals surface area (Å²) in [6.45, 7) is 0. The van der Waals surface area contributed by atoms with Gasteiger partial charge in [0, 0.05) is 18.8 Å². The van der Waals surface area contributed by atoms with Crippen LogP contribution in [0.4, 0.5) is 4.39 Å². The van der Waals surface area contributed by atoms with Gasteiger partial charge in [-0.25, -0.2) is 9.37 Å². The van der Waals surface area contributed by atoms with Crippen LogP contribution in [0.3, 0.4) is 0 Å². The van der Waals surface area contributed by atoms with Crippen molar-refractivity contribution in [1.29, 1.82) is 0 Å². The van der Waals surface area contributed by atoms with Crippen molar-refractivity contribution in [1.82, 2.24) is 10.3 Å². The van der Waals surface area contributed by atoms with Crippen LogP contribution in [0.5, 0.6) is 0 Å². The number of aromatic nitrogens is 1. The Hall–Kier alpha value is -1.69. The van der Waals surface area contributed by atoms with Gasteiger partial charge in [0.1, 0.15) is 10.9 Å². The largest absolute Gasteiger partial charge is 0.384 e. The molecule has 1 aromatic heterocycles. The molecule has 7 heteroatoms. The van der Waals surface area contributed by atoms with Gasteiger partial charge >= 0.3 is 0 Å². The summed E-state index contributed by atoms with van der Waals surface area (Å²) in [6.07, 6.45) is 0.192. The molecular formula is C9H9ClFN3O2. The van der Waals surface area contributed by atoms with Crippen molar-refractivity contribution in [2.75, 3.05) is 7.05 Å². The van der Waals surface area contributed by atoms with E-state index in [9.17, 15) is 14.5 Å². The van der Waals surface area contributed by atoms with E-state index in [0.717, 1.165) is 0 Å². The van der Waals surface area contributed by atoms with Crippen LogP contribution in [0, 0.1) is 10.1 Å². The Bertz CT molecular complexity index is 408. The molecule has 1 rings (SSSR count). The summed E-state index contributed by atoms with van der Waals surface area (Å²) in [5, 5.41) is 12.9. The molecule has 0 spiro atoms. The SMILES string of the molecule is CNC(=C[N+](=O)[O-])C(F)c1ccc(Cl)nc1. The van der Waals surface area contributed by atoms with Gasteiger partial charge in [-0.2, -0.15) is 0 Å². The zero-order chi connectivity index (χ0) is 12.1. The Kier molecular flexibility index (Phi) is 4.19. The zero-order valence-corrected chi connectivity index (χ0v) is 9.11. The number of likely N-dealkylation sites (N-methyl/N-ethyl adjacent to an activating group) is 1. The van der Waals surface area contributed by atoms with Gasteiger partial charge in [0.15, 0.2) is 6.17 Å². The number of hydrogen-bond acceptors (Lipinski definition) is 4. The lowest BCUT2D eigenvalue weighted by molar-refractivity contribution is -0.404. The predicted octanol–water partition coefficient (Wildman–Crippen LogP) is 2.08. The molecule has 5 nitrogen and oxygen atoms in total. The number of allylic oxidation sites excluding steroid dienone is 1. The summed E-state index contributed by atoms with van der Waals surface area (Å²) >= 11 is 5.54. The number of halogens is 2. The number of hydrogen-bond donors (Lipinski definition) is 1. The van der Waals surface area contributed by atoms with Crippen LogP contribution in [-0.2, 0) is 0 Å². The summed E-state index contributed by atoms with van der Waals surface area (Å²) in [5.74, 6) is 0. The normalized spacial score (nSPS) is 13.3. The maximum atomic E-state index is 13.8. The van der Waals surface area contributed by atoms with Crippen molar-refractivity contribution in [2.45, 2.75) is 6.17 Å². The first-order valence-corrected chi connectivity index (χ1v) is 4.71. The number of nitrogens with zero attached hydrogens (tertiary/aromatic N) is 2. The Morgan fingerprint density at radius 1 is 1.75 bits per heavy atom. The third kappa shape index (κ3) is 3.16. The molecule has 16 heavy (non-hydrogen) atoms. The minimum absolute atomic E-state index is 0.144. The molecule has 0 aliphatic rings. The number of pyridine rings is 1. The first kappa shape index (κ1) is 12.4. The summed E-state index contributed by atoms with van der Waals surface area (Å²) in [4.78, 5) is 13.2. The van der Waals surface area contributed by atoms with Crippen molar-refractivity contribution in [3.05, 3.63) is 51.1 Å². The van der Waals surface area contributed by atoms with Crippen LogP contribution in [0.15, 0.2) is 30.2 Å². The fourth-order valence-corrected chi connectivity index (χ4v) is 1.20. The number of alkyl halides is 1. The first-order valence-electron chi connectivity index (χ1n) is 4.33. The van der Waals surface area contributed by atoms with E-state index in [-0.39, 0.29) is 16.4 Å². The molecule has 0 aliphatic carbocycles. The molecule has 1 aromatic rings. The van der Waals surface area contributed by atoms with Gasteiger partial charge in [0.05, 0.1) is 4.92 Å². The van der Waals surface area contributed by atoms with Gasteiger partial charge in [0.2, 0.25) is 0 Å². The van der Waals surface area contributed by atoms with E-state index < -0.39 is 11.1 Å². The highest BCUT2D eigenvalue weighted by Crippen LogP contribution is 2.23. The maximum Gasteiger partial charge on any atom is 0.256 e. The van der Waals surface area contributed by atoms with Crippen LogP contribution >= 0.6 is 11.6 Å². The van der Waals surface area contributed by atoms with Crippen molar-refractivity contribution < 1.29 is 9.31 Å². The zero-order valence-electron chi connectivity index (χ0n) is 8.35. The molecule has 0 aromatic carbocycles. The molecule has 0 aliphatic heterocycles. The van der Waals surface area contributed by atoms with Crippen LogP contribution < -0.4 is 5.32 Å². The lowest BCUT2D eigenvalue weighted by Gasteiger charge is -2.09. The highest BCUT2D eigenvalue weighted by molar-refractivity contribution is 6.29. The lowest BCUT2D eigenvalue weighted by Crippen LogP contribution is -2.13. The molecule has 0 saturated carbocycles. The molecule has 0 saturated heterocycles. The van der Waals surface area contributed by atoms with Crippen LogP contribution in [0.2, 0.25) is 5.15 Å². The molecule has 86 valence electrons. The molecule has 0 fully saturated rings. The van der Waals surface area contributed by atoms with Gasteiger partial charge in [-0.15, -0.1) is 0 Å². The van der Waals surface area contributed by atoms with Crippen LogP contribution in [-0.4, -0.2) is 17.0 Å². The maximum absolute atomic E-state index is 13.8. The summed E-state index contributed by atoms with van der Waals surface area (Å²) < 4.78 is 13.8. The third-order valence-corrected chi connectivity index (χ3v) is 2.07. The predicted molar refractivity (Wildman–Crippen MR) is 57.2 cm³/mol. The average molecular weight is 246 g/mol. The summed E-state index contributed by atoms with van der Waals surface area (Å²) in [7, 11) is 1.41. The molecular weight excluding hydrogens is 237 g/mol. The summed E-state index contributed by atoms with van der Waals surface area (Å²) in [5.41, 5.74) is 0.0565. The van der Waals surface area contributed by atoms with E-state index in [0.29, 0.717) is 6.20 Å². The van der Waals surface area contributed by atoms with Crippen LogP contribution in [0.25, 0.3) is 0 Å². The van der Waals surface area contributed by atoms with Crippen molar-refractivity contribution in [3.8, 4) is 0 Å². The van der Waals surface area contributed by atoms with Crippen molar-refractivity contribution in [3.63, 3.8) is 0 Å². The van der Waals surface area contributed by atoms with E-state index in [2.05, 4.69) is 10.3 Å². The minimum atomic E-state index is -1.62. The fraction of sp³-hybridized carbons (Fsp3) is 0.222. The van der Waals surface area contributed by atoms with E-state index in [1.165, 1.54) is 25.4 Å². The topological polar surface area (TPSA) is 68.1 Å². The van der Waals surface area contributed by atoms with Gasteiger partial charge < -0.3 is 5.32 Å². The van der Waals surface area contributed by atoms with Gasteiger partial charge in [-0.3, -0.25) is 10.1 Å². The number of nitrogens with one attached hydrogen (secondary N) is 1. The minimum Gasteiger partial charge on any atom is -0.384 e. The van der Waals surface area contributed by atoms with Gasteiger partial charge in [-0.1, -0.05) is 17.7 Å². The highest BCUT2D eigenvalue weighted by Gasteiger charge is 2.18. The molecule has 0 radical (unpaired) electrons. The van der Waals surface area contributed by atoms with E-state index in [4.69, 9.17) is 11.6 Å². The summed E-state index contributed by atoms with van der Waals surface area (Å²) in [6, 6.07) is 2.84. The van der Waals surface area contributed by atoms with E-state index in [1.807, 2.05) is 0 Å². The lowest BCUT2D eigenvalue weighted by atomic mass is 10.1. The molecule has 1 unspecified atom stereocenters. The second kappa shape index (κ2) is 5.41. The van der Waals surface area contributed by atoms with Crippen molar-refractivity contribution in [2.24, 2.45) is 0 Å². The average Bonchev–Trinajstić information content (AvgIpc) is 2.25. The Morgan fingerprint density at radius 2 is 2.44 bits per heavy atom. The van der Waals surface area contributed by atoms with Crippen LogP contribution in [0.1, 0.15) is 11.7 Å². The second-order valence-corrected chi connectivity index (χ2v) is 3.28. The third-order valence-electron chi connectivity index (χ3n) is 1.85. The molecule has 1 N–H and O–H groups in total. The fourth-order valence-electron chi connectivity index (χ4n) is 1.09. The Balaban J connectivity index is 2.95. The molecule has 0 amide bonds. The number of nitro groups is 1. The highest BCUT2D eigenvalue weighted by atomic mass is 35.5. The van der Waals surface area contributed by atoms with E-state index in [1.54, 1.807) is 0 Å². The first-order chi connectivity index (χ1) is 7.54. The molecule has 1 heterocycles.